The largest absolute Gasteiger partial charge is 0.330 e. The van der Waals surface area contributed by atoms with Crippen molar-refractivity contribution in [2.75, 3.05) is 6.54 Å². The molecule has 0 aliphatic heterocycles. The maximum atomic E-state index is 13.2. The molecule has 2 N–H and O–H groups in total. The Balaban J connectivity index is 2.10. The molecule has 0 saturated heterocycles. The van der Waals surface area contributed by atoms with Gasteiger partial charge in [0, 0.05) is 5.02 Å². The zero-order chi connectivity index (χ0) is 12.3. The third kappa shape index (κ3) is 3.20. The van der Waals surface area contributed by atoms with Gasteiger partial charge in [-0.2, -0.15) is 0 Å². The molecule has 1 aromatic rings. The molecule has 0 radical (unpaired) electrons. The molecular formula is C14H19ClFN. The molecular weight excluding hydrogens is 237 g/mol. The van der Waals surface area contributed by atoms with E-state index < -0.39 is 0 Å². The fraction of sp³-hybridized carbons (Fsp3) is 0.571. The summed E-state index contributed by atoms with van der Waals surface area (Å²) < 4.78 is 13.2. The van der Waals surface area contributed by atoms with Gasteiger partial charge < -0.3 is 5.73 Å². The van der Waals surface area contributed by atoms with Gasteiger partial charge in [0.2, 0.25) is 0 Å². The highest BCUT2D eigenvalue weighted by atomic mass is 35.5. The first kappa shape index (κ1) is 12.8. The Morgan fingerprint density at radius 3 is 2.65 bits per heavy atom. The minimum atomic E-state index is -0.204. The van der Waals surface area contributed by atoms with E-state index in [2.05, 4.69) is 0 Å². The highest BCUT2D eigenvalue weighted by Crippen LogP contribution is 2.33. The summed E-state index contributed by atoms with van der Waals surface area (Å²) in [5.74, 6) is 0.931. The predicted octanol–water partition coefficient (Wildman–Crippen LogP) is 3.79. The van der Waals surface area contributed by atoms with Crippen LogP contribution in [0.25, 0.3) is 0 Å². The van der Waals surface area contributed by atoms with Crippen LogP contribution in [0.15, 0.2) is 18.2 Å². The Morgan fingerprint density at radius 2 is 1.94 bits per heavy atom. The average Bonchev–Trinajstić information content (AvgIpc) is 2.34. The van der Waals surface area contributed by atoms with Crippen molar-refractivity contribution < 1.29 is 4.39 Å². The van der Waals surface area contributed by atoms with Crippen LogP contribution in [0.3, 0.4) is 0 Å². The van der Waals surface area contributed by atoms with E-state index in [1.807, 2.05) is 0 Å². The molecule has 2 atom stereocenters. The molecule has 1 saturated carbocycles. The second-order valence-electron chi connectivity index (χ2n) is 4.98. The van der Waals surface area contributed by atoms with Gasteiger partial charge in [-0.05, 0) is 61.4 Å². The van der Waals surface area contributed by atoms with Gasteiger partial charge in [0.05, 0.1) is 0 Å². The van der Waals surface area contributed by atoms with Gasteiger partial charge in [-0.3, -0.25) is 0 Å². The standard InChI is InChI=1S/C14H19ClFN/c15-14-6-5-13(16)8-12(14)7-10-3-1-2-4-11(10)9-17/h5-6,8,10-11H,1-4,7,9,17H2. The number of hydrogen-bond acceptors (Lipinski definition) is 1. The summed E-state index contributed by atoms with van der Waals surface area (Å²) in [6.45, 7) is 0.734. The summed E-state index contributed by atoms with van der Waals surface area (Å²) in [7, 11) is 0. The van der Waals surface area contributed by atoms with Crippen LogP contribution in [-0.2, 0) is 6.42 Å². The number of rotatable bonds is 3. The summed E-state index contributed by atoms with van der Waals surface area (Å²) in [6, 6.07) is 4.62. The number of hydrogen-bond donors (Lipinski definition) is 1. The SMILES string of the molecule is NCC1CCCCC1Cc1cc(F)ccc1Cl. The van der Waals surface area contributed by atoms with Crippen molar-refractivity contribution in [2.45, 2.75) is 32.1 Å². The number of halogens is 2. The second kappa shape index (κ2) is 5.83. The van der Waals surface area contributed by atoms with E-state index in [1.165, 1.54) is 31.7 Å². The van der Waals surface area contributed by atoms with Crippen LogP contribution in [0.5, 0.6) is 0 Å². The quantitative estimate of drug-likeness (QED) is 0.874. The summed E-state index contributed by atoms with van der Waals surface area (Å²) in [6.07, 6.45) is 5.78. The van der Waals surface area contributed by atoms with E-state index in [0.717, 1.165) is 18.5 Å². The van der Waals surface area contributed by atoms with Gasteiger partial charge in [0.25, 0.3) is 0 Å². The van der Waals surface area contributed by atoms with Crippen molar-refractivity contribution in [1.29, 1.82) is 0 Å². The second-order valence-corrected chi connectivity index (χ2v) is 5.39. The Kier molecular flexibility index (Phi) is 4.41. The van der Waals surface area contributed by atoms with Gasteiger partial charge >= 0.3 is 0 Å². The number of benzene rings is 1. The van der Waals surface area contributed by atoms with Crippen LogP contribution in [0.2, 0.25) is 5.02 Å². The lowest BCUT2D eigenvalue weighted by Gasteiger charge is -2.31. The fourth-order valence-electron chi connectivity index (χ4n) is 2.85. The van der Waals surface area contributed by atoms with Crippen molar-refractivity contribution in [3.05, 3.63) is 34.6 Å². The normalized spacial score (nSPS) is 24.9. The zero-order valence-electron chi connectivity index (χ0n) is 9.96. The molecule has 2 unspecified atom stereocenters. The van der Waals surface area contributed by atoms with Crippen LogP contribution in [0.1, 0.15) is 31.2 Å². The molecule has 2 rings (SSSR count). The van der Waals surface area contributed by atoms with Crippen LogP contribution < -0.4 is 5.73 Å². The van der Waals surface area contributed by atoms with E-state index in [4.69, 9.17) is 17.3 Å². The van der Waals surface area contributed by atoms with Gasteiger partial charge in [0.15, 0.2) is 0 Å². The molecule has 0 spiro atoms. The van der Waals surface area contributed by atoms with Crippen LogP contribution in [-0.4, -0.2) is 6.54 Å². The maximum Gasteiger partial charge on any atom is 0.123 e. The van der Waals surface area contributed by atoms with Crippen molar-refractivity contribution in [1.82, 2.24) is 0 Å². The molecule has 17 heavy (non-hydrogen) atoms. The molecule has 94 valence electrons. The molecule has 1 fully saturated rings. The number of nitrogens with two attached hydrogens (primary N) is 1. The highest BCUT2D eigenvalue weighted by molar-refractivity contribution is 6.31. The summed E-state index contributed by atoms with van der Waals surface area (Å²) in [5, 5.41) is 0.674. The first-order valence-electron chi connectivity index (χ1n) is 6.34. The monoisotopic (exact) mass is 255 g/mol. The summed E-state index contributed by atoms with van der Waals surface area (Å²) >= 11 is 6.11. The third-order valence-corrected chi connectivity index (χ3v) is 4.23. The molecule has 1 aliphatic rings. The molecule has 0 aromatic heterocycles. The molecule has 0 amide bonds. The molecule has 0 bridgehead atoms. The van der Waals surface area contributed by atoms with E-state index >= 15 is 0 Å². The molecule has 1 aromatic carbocycles. The molecule has 3 heteroatoms. The van der Waals surface area contributed by atoms with Gasteiger partial charge in [-0.1, -0.05) is 24.4 Å². The smallest absolute Gasteiger partial charge is 0.123 e. The van der Waals surface area contributed by atoms with Crippen LogP contribution in [0, 0.1) is 17.7 Å². The molecule has 1 nitrogen and oxygen atoms in total. The minimum absolute atomic E-state index is 0.204. The van der Waals surface area contributed by atoms with Crippen molar-refractivity contribution >= 4 is 11.6 Å². The first-order valence-corrected chi connectivity index (χ1v) is 6.72. The van der Waals surface area contributed by atoms with Crippen molar-refractivity contribution in [3.8, 4) is 0 Å². The molecule has 1 aliphatic carbocycles. The van der Waals surface area contributed by atoms with Crippen molar-refractivity contribution in [3.63, 3.8) is 0 Å². The minimum Gasteiger partial charge on any atom is -0.330 e. The average molecular weight is 256 g/mol. The van der Waals surface area contributed by atoms with Gasteiger partial charge in [-0.15, -0.1) is 0 Å². The predicted molar refractivity (Wildman–Crippen MR) is 69.6 cm³/mol. The lowest BCUT2D eigenvalue weighted by atomic mass is 9.76. The van der Waals surface area contributed by atoms with E-state index in [9.17, 15) is 4.39 Å². The zero-order valence-corrected chi connectivity index (χ0v) is 10.7. The van der Waals surface area contributed by atoms with Gasteiger partial charge in [0.1, 0.15) is 5.82 Å². The lowest BCUT2D eigenvalue weighted by molar-refractivity contribution is 0.242. The lowest BCUT2D eigenvalue weighted by Crippen LogP contribution is -2.28. The summed E-state index contributed by atoms with van der Waals surface area (Å²) in [4.78, 5) is 0. The van der Waals surface area contributed by atoms with E-state index in [-0.39, 0.29) is 5.82 Å². The van der Waals surface area contributed by atoms with E-state index in [1.54, 1.807) is 12.1 Å². The van der Waals surface area contributed by atoms with Crippen LogP contribution in [0.4, 0.5) is 4.39 Å². The Morgan fingerprint density at radius 1 is 1.24 bits per heavy atom. The maximum absolute atomic E-state index is 13.2. The Labute approximate surface area is 107 Å². The Bertz CT molecular complexity index is 380. The Hall–Kier alpha value is -0.600. The van der Waals surface area contributed by atoms with E-state index in [0.29, 0.717) is 16.9 Å². The van der Waals surface area contributed by atoms with Gasteiger partial charge in [-0.25, -0.2) is 4.39 Å². The topological polar surface area (TPSA) is 26.0 Å². The fourth-order valence-corrected chi connectivity index (χ4v) is 3.04. The first-order chi connectivity index (χ1) is 8.20. The third-order valence-electron chi connectivity index (χ3n) is 3.86. The van der Waals surface area contributed by atoms with Crippen LogP contribution >= 0.6 is 11.6 Å². The molecule has 0 heterocycles. The van der Waals surface area contributed by atoms with Crippen molar-refractivity contribution in [2.24, 2.45) is 17.6 Å². The highest BCUT2D eigenvalue weighted by Gasteiger charge is 2.24. The summed E-state index contributed by atoms with van der Waals surface area (Å²) in [5.41, 5.74) is 6.74.